The molecule has 2 N–H and O–H groups in total. The average molecular weight is 258 g/mol. The molecule has 2 heterocycles. The van der Waals surface area contributed by atoms with Crippen molar-refractivity contribution in [2.24, 2.45) is 0 Å². The minimum atomic E-state index is 0.724. The number of nitrogens with two attached hydrogens (primary N) is 1. The van der Waals surface area contributed by atoms with E-state index < -0.39 is 0 Å². The van der Waals surface area contributed by atoms with Gasteiger partial charge in [0.1, 0.15) is 5.65 Å². The number of rotatable bonds is 2. The Morgan fingerprint density at radius 2 is 2.11 bits per heavy atom. The number of hydrogen-bond donors (Lipinski definition) is 1. The minimum Gasteiger partial charge on any atom is -0.399 e. The molecule has 0 spiro atoms. The number of benzene rings is 1. The molecule has 0 aliphatic heterocycles. The van der Waals surface area contributed by atoms with Crippen molar-refractivity contribution in [3.63, 3.8) is 0 Å². The summed E-state index contributed by atoms with van der Waals surface area (Å²) in [4.78, 5) is 4.54. The predicted molar refractivity (Wildman–Crippen MR) is 73.9 cm³/mol. The molecule has 3 aromatic rings. The third-order valence-electron chi connectivity index (χ3n) is 2.81. The lowest BCUT2D eigenvalue weighted by atomic mass is 10.1. The van der Waals surface area contributed by atoms with Crippen molar-refractivity contribution in [2.45, 2.75) is 6.42 Å². The van der Waals surface area contributed by atoms with Gasteiger partial charge in [-0.05, 0) is 23.8 Å². The van der Waals surface area contributed by atoms with Crippen LogP contribution >= 0.6 is 11.6 Å². The van der Waals surface area contributed by atoms with E-state index in [2.05, 4.69) is 4.98 Å². The Bertz CT molecular complexity index is 703. The predicted octanol–water partition coefficient (Wildman–Crippen LogP) is 3.16. The van der Waals surface area contributed by atoms with Crippen molar-refractivity contribution in [3.05, 3.63) is 65.1 Å². The molecular weight excluding hydrogens is 246 g/mol. The highest BCUT2D eigenvalue weighted by Gasteiger charge is 2.03. The number of aromatic nitrogens is 2. The maximum atomic E-state index is 5.97. The largest absolute Gasteiger partial charge is 0.399 e. The normalized spacial score (nSPS) is 10.9. The molecular formula is C14H12ClN3. The number of fused-ring (bicyclic) bond motifs is 1. The monoisotopic (exact) mass is 257 g/mol. The molecule has 18 heavy (non-hydrogen) atoms. The molecule has 3 nitrogen and oxygen atoms in total. The van der Waals surface area contributed by atoms with E-state index in [9.17, 15) is 0 Å². The molecule has 1 aromatic carbocycles. The van der Waals surface area contributed by atoms with Gasteiger partial charge in [-0.3, -0.25) is 0 Å². The maximum absolute atomic E-state index is 5.97. The smallest absolute Gasteiger partial charge is 0.139 e. The van der Waals surface area contributed by atoms with E-state index in [1.54, 1.807) is 0 Å². The fourth-order valence-electron chi connectivity index (χ4n) is 1.99. The number of anilines is 1. The van der Waals surface area contributed by atoms with Crippen LogP contribution in [0.4, 0.5) is 5.69 Å². The quantitative estimate of drug-likeness (QED) is 0.766. The standard InChI is InChI=1S/C14H12ClN3/c15-11-3-1-2-10(6-11)7-13-9-18-5-4-12(16)8-14(18)17-13/h1-6,8-9H,7,16H2. The molecule has 0 atom stereocenters. The zero-order chi connectivity index (χ0) is 12.5. The Kier molecular flexibility index (Phi) is 2.68. The summed E-state index contributed by atoms with van der Waals surface area (Å²) < 4.78 is 1.97. The Morgan fingerprint density at radius 1 is 1.22 bits per heavy atom. The van der Waals surface area contributed by atoms with Crippen LogP contribution in [-0.2, 0) is 6.42 Å². The van der Waals surface area contributed by atoms with Crippen LogP contribution in [0.25, 0.3) is 5.65 Å². The fraction of sp³-hybridized carbons (Fsp3) is 0.0714. The lowest BCUT2D eigenvalue weighted by Crippen LogP contribution is -1.87. The van der Waals surface area contributed by atoms with Gasteiger partial charge in [-0.2, -0.15) is 0 Å². The average Bonchev–Trinajstić information content (AvgIpc) is 2.70. The van der Waals surface area contributed by atoms with E-state index in [4.69, 9.17) is 17.3 Å². The van der Waals surface area contributed by atoms with E-state index in [1.165, 1.54) is 0 Å². The molecule has 0 bridgehead atoms. The molecule has 4 heteroatoms. The lowest BCUT2D eigenvalue weighted by Gasteiger charge is -1.97. The molecule has 0 aliphatic rings. The van der Waals surface area contributed by atoms with Gasteiger partial charge in [-0.15, -0.1) is 0 Å². The van der Waals surface area contributed by atoms with Crippen LogP contribution in [0.5, 0.6) is 0 Å². The van der Waals surface area contributed by atoms with Gasteiger partial charge in [0.2, 0.25) is 0 Å². The fourth-order valence-corrected chi connectivity index (χ4v) is 2.20. The highest BCUT2D eigenvalue weighted by Crippen LogP contribution is 2.16. The van der Waals surface area contributed by atoms with E-state index >= 15 is 0 Å². The third kappa shape index (κ3) is 2.17. The summed E-state index contributed by atoms with van der Waals surface area (Å²) >= 11 is 5.97. The summed E-state index contributed by atoms with van der Waals surface area (Å²) in [5.74, 6) is 0. The van der Waals surface area contributed by atoms with Crippen molar-refractivity contribution >= 4 is 22.9 Å². The SMILES string of the molecule is Nc1ccn2cc(Cc3cccc(Cl)c3)nc2c1. The van der Waals surface area contributed by atoms with Crippen molar-refractivity contribution in [1.29, 1.82) is 0 Å². The van der Waals surface area contributed by atoms with Crippen molar-refractivity contribution in [2.75, 3.05) is 5.73 Å². The second-order valence-electron chi connectivity index (χ2n) is 4.26. The van der Waals surface area contributed by atoms with Crippen LogP contribution in [0.2, 0.25) is 5.02 Å². The molecule has 0 saturated heterocycles. The number of pyridine rings is 1. The summed E-state index contributed by atoms with van der Waals surface area (Å²) in [5, 5.41) is 0.750. The van der Waals surface area contributed by atoms with Crippen molar-refractivity contribution in [3.8, 4) is 0 Å². The van der Waals surface area contributed by atoms with Crippen LogP contribution in [0, 0.1) is 0 Å². The van der Waals surface area contributed by atoms with Crippen LogP contribution in [0.1, 0.15) is 11.3 Å². The van der Waals surface area contributed by atoms with Gasteiger partial charge < -0.3 is 10.1 Å². The molecule has 0 radical (unpaired) electrons. The molecule has 90 valence electrons. The van der Waals surface area contributed by atoms with E-state index in [-0.39, 0.29) is 0 Å². The van der Waals surface area contributed by atoms with Gasteiger partial charge >= 0.3 is 0 Å². The molecule has 0 saturated carbocycles. The first-order valence-corrected chi connectivity index (χ1v) is 6.06. The summed E-state index contributed by atoms with van der Waals surface area (Å²) in [6, 6.07) is 11.5. The molecule has 0 amide bonds. The van der Waals surface area contributed by atoms with Crippen LogP contribution in [-0.4, -0.2) is 9.38 Å². The Hall–Kier alpha value is -2.00. The van der Waals surface area contributed by atoms with Gasteiger partial charge in [0.15, 0.2) is 0 Å². The second-order valence-corrected chi connectivity index (χ2v) is 4.70. The summed E-state index contributed by atoms with van der Waals surface area (Å²) in [6.07, 6.45) is 4.69. The lowest BCUT2D eigenvalue weighted by molar-refractivity contribution is 1.11. The van der Waals surface area contributed by atoms with E-state index in [0.29, 0.717) is 0 Å². The molecule has 2 aromatic heterocycles. The number of halogens is 1. The Labute approximate surface area is 110 Å². The Balaban J connectivity index is 1.95. The maximum Gasteiger partial charge on any atom is 0.139 e. The minimum absolute atomic E-state index is 0.724. The van der Waals surface area contributed by atoms with Crippen molar-refractivity contribution < 1.29 is 0 Å². The first kappa shape index (κ1) is 11.1. The molecule has 0 aliphatic carbocycles. The van der Waals surface area contributed by atoms with Crippen LogP contribution in [0.15, 0.2) is 48.8 Å². The first-order chi connectivity index (χ1) is 8.70. The van der Waals surface area contributed by atoms with Crippen LogP contribution < -0.4 is 5.73 Å². The zero-order valence-electron chi connectivity index (χ0n) is 9.68. The Morgan fingerprint density at radius 3 is 2.94 bits per heavy atom. The van der Waals surface area contributed by atoms with Crippen LogP contribution in [0.3, 0.4) is 0 Å². The second kappa shape index (κ2) is 4.35. The number of imidazole rings is 1. The first-order valence-electron chi connectivity index (χ1n) is 5.68. The zero-order valence-corrected chi connectivity index (χ0v) is 10.4. The van der Waals surface area contributed by atoms with Gasteiger partial charge in [-0.1, -0.05) is 23.7 Å². The van der Waals surface area contributed by atoms with Gasteiger partial charge in [-0.25, -0.2) is 4.98 Å². The number of nitrogens with zero attached hydrogens (tertiary/aromatic N) is 2. The molecule has 0 fully saturated rings. The van der Waals surface area contributed by atoms with Gasteiger partial charge in [0, 0.05) is 35.6 Å². The topological polar surface area (TPSA) is 43.3 Å². The molecule has 0 unspecified atom stereocenters. The van der Waals surface area contributed by atoms with Gasteiger partial charge in [0.25, 0.3) is 0 Å². The third-order valence-corrected chi connectivity index (χ3v) is 3.04. The highest BCUT2D eigenvalue weighted by molar-refractivity contribution is 6.30. The van der Waals surface area contributed by atoms with E-state index in [0.717, 1.165) is 34.0 Å². The van der Waals surface area contributed by atoms with Crippen molar-refractivity contribution in [1.82, 2.24) is 9.38 Å². The van der Waals surface area contributed by atoms with E-state index in [1.807, 2.05) is 53.2 Å². The molecule has 3 rings (SSSR count). The van der Waals surface area contributed by atoms with Gasteiger partial charge in [0.05, 0.1) is 5.69 Å². The number of hydrogen-bond acceptors (Lipinski definition) is 2. The number of nitrogen functional groups attached to an aromatic ring is 1. The summed E-state index contributed by atoms with van der Waals surface area (Å²) in [6.45, 7) is 0. The summed E-state index contributed by atoms with van der Waals surface area (Å²) in [7, 11) is 0. The summed E-state index contributed by atoms with van der Waals surface area (Å²) in [5.41, 5.74) is 9.48. The highest BCUT2D eigenvalue weighted by atomic mass is 35.5.